The van der Waals surface area contributed by atoms with Crippen LogP contribution in [0.25, 0.3) is 5.69 Å². The highest BCUT2D eigenvalue weighted by atomic mass is 32.2. The molecule has 2 heterocycles. The molecular formula is C22H29N3O3S. The Balaban J connectivity index is 1.72. The van der Waals surface area contributed by atoms with Crippen LogP contribution in [0.4, 0.5) is 0 Å². The number of fused-ring (bicyclic) bond motifs is 1. The van der Waals surface area contributed by atoms with Gasteiger partial charge in [-0.05, 0) is 50.7 Å². The van der Waals surface area contributed by atoms with E-state index in [1.165, 1.54) is 0 Å². The molecular weight excluding hydrogens is 386 g/mol. The fourth-order valence-electron chi connectivity index (χ4n) is 4.55. The summed E-state index contributed by atoms with van der Waals surface area (Å²) in [7, 11) is -3.06. The Morgan fingerprint density at radius 3 is 2.76 bits per heavy atom. The van der Waals surface area contributed by atoms with Crippen LogP contribution < -0.4 is 0 Å². The van der Waals surface area contributed by atoms with Crippen LogP contribution in [-0.2, 0) is 22.7 Å². The lowest BCUT2D eigenvalue weighted by Gasteiger charge is -2.28. The van der Waals surface area contributed by atoms with Crippen molar-refractivity contribution in [2.75, 3.05) is 18.1 Å². The highest BCUT2D eigenvalue weighted by molar-refractivity contribution is 7.91. The Morgan fingerprint density at radius 1 is 1.28 bits per heavy atom. The van der Waals surface area contributed by atoms with Gasteiger partial charge in [-0.2, -0.15) is 5.10 Å². The number of unbranched alkanes of at least 4 members (excludes halogenated alkanes) is 1. The van der Waals surface area contributed by atoms with Gasteiger partial charge in [0.1, 0.15) is 0 Å². The molecule has 1 aromatic carbocycles. The van der Waals surface area contributed by atoms with E-state index in [2.05, 4.69) is 19.9 Å². The highest BCUT2D eigenvalue weighted by Gasteiger charge is 2.37. The number of hydrogen-bond acceptors (Lipinski definition) is 4. The number of carbonyl (C=O) groups is 1. The monoisotopic (exact) mass is 415 g/mol. The van der Waals surface area contributed by atoms with Crippen molar-refractivity contribution in [3.63, 3.8) is 0 Å². The van der Waals surface area contributed by atoms with E-state index in [0.29, 0.717) is 18.7 Å². The van der Waals surface area contributed by atoms with Crippen molar-refractivity contribution < 1.29 is 13.2 Å². The molecule has 0 spiro atoms. The van der Waals surface area contributed by atoms with E-state index in [4.69, 9.17) is 5.10 Å². The third kappa shape index (κ3) is 3.84. The van der Waals surface area contributed by atoms with Crippen LogP contribution in [-0.4, -0.2) is 53.1 Å². The second kappa shape index (κ2) is 7.94. The minimum absolute atomic E-state index is 0.0726. The van der Waals surface area contributed by atoms with Crippen LogP contribution in [0.3, 0.4) is 0 Å². The molecule has 1 fully saturated rings. The molecule has 2 aliphatic rings. The molecule has 1 saturated heterocycles. The SMILES string of the molecule is CCCCN(C(=O)c1nn(-c2ccccc2C)c2c1CCC2)C1CCS(=O)(=O)C1. The molecule has 7 heteroatoms. The van der Waals surface area contributed by atoms with Crippen molar-refractivity contribution in [2.45, 2.75) is 58.4 Å². The molecule has 2 aromatic rings. The van der Waals surface area contributed by atoms with Crippen molar-refractivity contribution in [3.8, 4) is 5.69 Å². The van der Waals surface area contributed by atoms with Crippen molar-refractivity contribution in [1.29, 1.82) is 0 Å². The molecule has 0 N–H and O–H groups in total. The van der Waals surface area contributed by atoms with E-state index in [1.807, 2.05) is 22.9 Å². The number of para-hydroxylation sites is 1. The lowest BCUT2D eigenvalue weighted by Crippen LogP contribution is -2.42. The molecule has 1 aliphatic heterocycles. The summed E-state index contributed by atoms with van der Waals surface area (Å²) in [6.07, 6.45) is 5.14. The van der Waals surface area contributed by atoms with Gasteiger partial charge in [-0.3, -0.25) is 4.79 Å². The lowest BCUT2D eigenvalue weighted by molar-refractivity contribution is 0.0686. The Morgan fingerprint density at radius 2 is 2.07 bits per heavy atom. The van der Waals surface area contributed by atoms with Gasteiger partial charge in [0.05, 0.1) is 17.2 Å². The van der Waals surface area contributed by atoms with Gasteiger partial charge in [-0.15, -0.1) is 0 Å². The minimum atomic E-state index is -3.06. The molecule has 6 nitrogen and oxygen atoms in total. The molecule has 156 valence electrons. The first-order valence-electron chi connectivity index (χ1n) is 10.6. The normalized spacial score (nSPS) is 20.0. The summed E-state index contributed by atoms with van der Waals surface area (Å²) in [5.41, 5.74) is 4.81. The Bertz CT molecular complexity index is 1030. The maximum Gasteiger partial charge on any atom is 0.274 e. The predicted molar refractivity (Wildman–Crippen MR) is 113 cm³/mol. The fourth-order valence-corrected chi connectivity index (χ4v) is 6.28. The number of rotatable bonds is 6. The van der Waals surface area contributed by atoms with Gasteiger partial charge in [0.15, 0.2) is 15.5 Å². The second-order valence-electron chi connectivity index (χ2n) is 8.23. The van der Waals surface area contributed by atoms with Gasteiger partial charge in [0.2, 0.25) is 0 Å². The summed E-state index contributed by atoms with van der Waals surface area (Å²) in [5.74, 6) is 0.137. The van der Waals surface area contributed by atoms with E-state index in [9.17, 15) is 13.2 Å². The zero-order valence-corrected chi connectivity index (χ0v) is 18.0. The lowest BCUT2D eigenvalue weighted by atomic mass is 10.1. The number of carbonyl (C=O) groups excluding carboxylic acids is 1. The highest BCUT2D eigenvalue weighted by Crippen LogP contribution is 2.30. The molecule has 0 saturated carbocycles. The standard InChI is InChI=1S/C22H29N3O3S/c1-3-4-13-24(17-12-14-29(27,28)15-17)22(26)21-18-9-7-11-20(18)25(23-21)19-10-6-5-8-16(19)2/h5-6,8,10,17H,3-4,7,9,11-15H2,1-2H3. The molecule has 0 radical (unpaired) electrons. The number of aryl methyl sites for hydroxylation is 1. The minimum Gasteiger partial charge on any atom is -0.333 e. The maximum absolute atomic E-state index is 13.6. The molecule has 1 aromatic heterocycles. The number of hydrogen-bond donors (Lipinski definition) is 0. The van der Waals surface area contributed by atoms with Crippen LogP contribution >= 0.6 is 0 Å². The Labute approximate surface area is 172 Å². The van der Waals surface area contributed by atoms with E-state index in [0.717, 1.165) is 54.6 Å². The van der Waals surface area contributed by atoms with Crippen LogP contribution in [0, 0.1) is 6.92 Å². The molecule has 1 aliphatic carbocycles. The maximum atomic E-state index is 13.6. The van der Waals surface area contributed by atoms with Gasteiger partial charge in [0.25, 0.3) is 5.91 Å². The van der Waals surface area contributed by atoms with Crippen molar-refractivity contribution in [3.05, 3.63) is 46.8 Å². The predicted octanol–water partition coefficient (Wildman–Crippen LogP) is 3.10. The molecule has 1 amide bonds. The number of benzene rings is 1. The number of nitrogens with zero attached hydrogens (tertiary/aromatic N) is 3. The summed E-state index contributed by atoms with van der Waals surface area (Å²) >= 11 is 0. The summed E-state index contributed by atoms with van der Waals surface area (Å²) in [5, 5.41) is 4.78. The fraction of sp³-hybridized carbons (Fsp3) is 0.545. The third-order valence-corrected chi connectivity index (χ3v) is 7.89. The van der Waals surface area contributed by atoms with Crippen molar-refractivity contribution >= 4 is 15.7 Å². The van der Waals surface area contributed by atoms with Gasteiger partial charge in [0, 0.05) is 23.8 Å². The quantitative estimate of drug-likeness (QED) is 0.727. The Kier molecular flexibility index (Phi) is 5.51. The number of aromatic nitrogens is 2. The van der Waals surface area contributed by atoms with E-state index in [-0.39, 0.29) is 23.5 Å². The molecule has 1 unspecified atom stereocenters. The van der Waals surface area contributed by atoms with Crippen molar-refractivity contribution in [2.24, 2.45) is 0 Å². The smallest absolute Gasteiger partial charge is 0.274 e. The van der Waals surface area contributed by atoms with Crippen LogP contribution in [0.15, 0.2) is 24.3 Å². The topological polar surface area (TPSA) is 72.3 Å². The van der Waals surface area contributed by atoms with Gasteiger partial charge in [-0.1, -0.05) is 31.5 Å². The van der Waals surface area contributed by atoms with E-state index >= 15 is 0 Å². The first-order valence-corrected chi connectivity index (χ1v) is 12.4. The zero-order chi connectivity index (χ0) is 20.6. The van der Waals surface area contributed by atoms with E-state index in [1.54, 1.807) is 4.90 Å². The number of sulfone groups is 1. The van der Waals surface area contributed by atoms with Crippen LogP contribution in [0.5, 0.6) is 0 Å². The molecule has 0 bridgehead atoms. The molecule has 4 rings (SSSR count). The van der Waals surface area contributed by atoms with Gasteiger partial charge >= 0.3 is 0 Å². The average molecular weight is 416 g/mol. The second-order valence-corrected chi connectivity index (χ2v) is 10.5. The largest absolute Gasteiger partial charge is 0.333 e. The van der Waals surface area contributed by atoms with Crippen molar-refractivity contribution in [1.82, 2.24) is 14.7 Å². The third-order valence-electron chi connectivity index (χ3n) is 6.14. The van der Waals surface area contributed by atoms with E-state index < -0.39 is 9.84 Å². The first kappa shape index (κ1) is 20.1. The van der Waals surface area contributed by atoms with Crippen LogP contribution in [0.2, 0.25) is 0 Å². The number of amides is 1. The molecule has 29 heavy (non-hydrogen) atoms. The van der Waals surface area contributed by atoms with Gasteiger partial charge in [-0.25, -0.2) is 13.1 Å². The summed E-state index contributed by atoms with van der Waals surface area (Å²) in [6.45, 7) is 4.72. The van der Waals surface area contributed by atoms with Gasteiger partial charge < -0.3 is 4.90 Å². The Hall–Kier alpha value is -2.15. The average Bonchev–Trinajstić information content (AvgIpc) is 3.38. The summed E-state index contributed by atoms with van der Waals surface area (Å²) in [4.78, 5) is 15.4. The first-order chi connectivity index (χ1) is 13.9. The summed E-state index contributed by atoms with van der Waals surface area (Å²) in [6, 6.07) is 7.84. The summed E-state index contributed by atoms with van der Waals surface area (Å²) < 4.78 is 26.0. The van der Waals surface area contributed by atoms with Crippen LogP contribution in [0.1, 0.15) is 59.9 Å². The zero-order valence-electron chi connectivity index (χ0n) is 17.2. The molecule has 1 atom stereocenters.